The smallest absolute Gasteiger partial charge is 0.418 e. The molecule has 2 amide bonds. The molecule has 1 aliphatic rings. The molecule has 3 rings (SSSR count). The average molecular weight is 429 g/mol. The number of aryl methyl sites for hydroxylation is 1. The van der Waals surface area contributed by atoms with Crippen LogP contribution < -0.4 is 0 Å². The fourth-order valence-corrected chi connectivity index (χ4v) is 4.36. The number of nitrogens with zero attached hydrogens (tertiary/aromatic N) is 1. The first-order valence-corrected chi connectivity index (χ1v) is 10.4. The molecule has 158 valence electrons. The maximum atomic E-state index is 13.3. The Balaban J connectivity index is 2.11. The summed E-state index contributed by atoms with van der Waals surface area (Å²) in [6.07, 6.45) is 1.67. The molecule has 0 saturated carbocycles. The molecule has 2 aromatic carbocycles. The van der Waals surface area contributed by atoms with E-state index in [9.17, 15) is 24.0 Å². The van der Waals surface area contributed by atoms with Crippen LogP contribution in [0.2, 0.25) is 0 Å². The predicted molar refractivity (Wildman–Crippen MR) is 111 cm³/mol. The molecular formula is C22H23NO6S. The Morgan fingerprint density at radius 2 is 1.67 bits per heavy atom. The highest BCUT2D eigenvalue weighted by molar-refractivity contribution is 7.85. The number of amides is 2. The van der Waals surface area contributed by atoms with Crippen LogP contribution in [0, 0.1) is 6.92 Å². The lowest BCUT2D eigenvalue weighted by molar-refractivity contribution is -0.125. The second-order valence-corrected chi connectivity index (χ2v) is 9.34. The summed E-state index contributed by atoms with van der Waals surface area (Å²) < 4.78 is 18.6. The first kappa shape index (κ1) is 21.6. The van der Waals surface area contributed by atoms with Crippen LogP contribution in [0.3, 0.4) is 0 Å². The number of hydrogen-bond donors (Lipinski definition) is 2. The zero-order valence-corrected chi connectivity index (χ0v) is 17.9. The number of hydrogen-bond acceptors (Lipinski definition) is 6. The minimum atomic E-state index is -1.88. The molecule has 30 heavy (non-hydrogen) atoms. The van der Waals surface area contributed by atoms with E-state index in [0.717, 1.165) is 10.5 Å². The van der Waals surface area contributed by atoms with Gasteiger partial charge in [0.2, 0.25) is 0 Å². The lowest BCUT2D eigenvalue weighted by Gasteiger charge is -2.28. The Morgan fingerprint density at radius 3 is 2.27 bits per heavy atom. The third kappa shape index (κ3) is 4.23. The van der Waals surface area contributed by atoms with Crippen molar-refractivity contribution in [2.24, 2.45) is 0 Å². The maximum absolute atomic E-state index is 13.3. The van der Waals surface area contributed by atoms with Gasteiger partial charge in [0, 0.05) is 16.5 Å². The van der Waals surface area contributed by atoms with Gasteiger partial charge >= 0.3 is 6.09 Å². The van der Waals surface area contributed by atoms with Gasteiger partial charge in [-0.3, -0.25) is 4.79 Å². The van der Waals surface area contributed by atoms with Crippen molar-refractivity contribution in [3.8, 4) is 11.5 Å². The zero-order chi connectivity index (χ0) is 22.2. The molecule has 0 fully saturated rings. The largest absolute Gasteiger partial charge is 0.508 e. The SMILES string of the molecule is Cc1ccc([S@](=O)c2c(O)ccc(O)c2[C@H]2C=CC(=O)N2C(=O)OC(C)(C)C)cc1. The fourth-order valence-electron chi connectivity index (χ4n) is 3.05. The third-order valence-electron chi connectivity index (χ3n) is 4.40. The average Bonchev–Trinajstić information content (AvgIpc) is 3.03. The summed E-state index contributed by atoms with van der Waals surface area (Å²) >= 11 is 0. The van der Waals surface area contributed by atoms with Crippen molar-refractivity contribution in [1.82, 2.24) is 4.90 Å². The van der Waals surface area contributed by atoms with E-state index in [-0.39, 0.29) is 22.0 Å². The number of rotatable bonds is 3. The van der Waals surface area contributed by atoms with Crippen LogP contribution in [0.25, 0.3) is 0 Å². The second kappa shape index (κ2) is 7.95. The van der Waals surface area contributed by atoms with Crippen molar-refractivity contribution in [2.45, 2.75) is 49.1 Å². The highest BCUT2D eigenvalue weighted by Crippen LogP contribution is 2.42. The number of ether oxygens (including phenoxy) is 1. The van der Waals surface area contributed by atoms with Gasteiger partial charge in [0.15, 0.2) is 0 Å². The third-order valence-corrected chi connectivity index (χ3v) is 5.90. The van der Waals surface area contributed by atoms with E-state index in [1.807, 2.05) is 6.92 Å². The van der Waals surface area contributed by atoms with Crippen molar-refractivity contribution in [3.63, 3.8) is 0 Å². The molecule has 0 aromatic heterocycles. The second-order valence-electron chi connectivity index (χ2n) is 7.92. The van der Waals surface area contributed by atoms with Gasteiger partial charge in [0.25, 0.3) is 5.91 Å². The quantitative estimate of drug-likeness (QED) is 0.716. The molecule has 2 N–H and O–H groups in total. The van der Waals surface area contributed by atoms with Gasteiger partial charge in [0.05, 0.1) is 21.7 Å². The standard InChI is InChI=1S/C22H23NO6S/c1-13-5-7-14(8-6-13)30(28)20-17(25)11-10-16(24)19(20)15-9-12-18(26)23(15)21(27)29-22(2,3)4/h5-12,15,24-25H,1-4H3/t15-,30+/m1/s1. The van der Waals surface area contributed by atoms with Crippen molar-refractivity contribution in [3.05, 3.63) is 59.7 Å². The van der Waals surface area contributed by atoms with Gasteiger partial charge in [-0.15, -0.1) is 0 Å². The Hall–Kier alpha value is -3.13. The summed E-state index contributed by atoms with van der Waals surface area (Å²) in [5.74, 6) is -1.26. The fraction of sp³-hybridized carbons (Fsp3) is 0.273. The van der Waals surface area contributed by atoms with Gasteiger partial charge in [0.1, 0.15) is 17.1 Å². The number of carbonyl (C=O) groups is 2. The van der Waals surface area contributed by atoms with Crippen LogP contribution in [0.1, 0.15) is 37.9 Å². The minimum absolute atomic E-state index is 0.00173. The van der Waals surface area contributed by atoms with E-state index in [1.165, 1.54) is 24.3 Å². The highest BCUT2D eigenvalue weighted by Gasteiger charge is 2.39. The van der Waals surface area contributed by atoms with Crippen LogP contribution in [-0.2, 0) is 20.3 Å². The summed E-state index contributed by atoms with van der Waals surface area (Å²) in [6.45, 7) is 6.88. The normalized spacial score (nSPS) is 17.3. The van der Waals surface area contributed by atoms with Crippen molar-refractivity contribution in [2.75, 3.05) is 0 Å². The lowest BCUT2D eigenvalue weighted by atomic mass is 10.0. The number of phenolic OH excluding ortho intramolecular Hbond substituents is 2. The maximum Gasteiger partial charge on any atom is 0.418 e. The molecule has 0 saturated heterocycles. The predicted octanol–water partition coefficient (Wildman–Crippen LogP) is 3.95. The molecule has 7 nitrogen and oxygen atoms in total. The molecule has 0 spiro atoms. The van der Waals surface area contributed by atoms with Crippen molar-refractivity contribution >= 4 is 22.8 Å². The monoisotopic (exact) mass is 429 g/mol. The van der Waals surface area contributed by atoms with Gasteiger partial charge in [-0.1, -0.05) is 23.8 Å². The van der Waals surface area contributed by atoms with Crippen LogP contribution in [0.15, 0.2) is 58.3 Å². The first-order valence-electron chi connectivity index (χ1n) is 9.27. The van der Waals surface area contributed by atoms with E-state index in [0.29, 0.717) is 4.90 Å². The topological polar surface area (TPSA) is 104 Å². The van der Waals surface area contributed by atoms with E-state index in [2.05, 4.69) is 0 Å². The molecule has 1 heterocycles. The summed E-state index contributed by atoms with van der Waals surface area (Å²) in [7, 11) is -1.88. The van der Waals surface area contributed by atoms with Gasteiger partial charge < -0.3 is 14.9 Å². The number of benzene rings is 2. The Labute approximate surface area is 177 Å². The molecule has 0 unspecified atom stereocenters. The first-order chi connectivity index (χ1) is 14.0. The minimum Gasteiger partial charge on any atom is -0.508 e. The van der Waals surface area contributed by atoms with Crippen molar-refractivity contribution < 1.29 is 28.7 Å². The summed E-state index contributed by atoms with van der Waals surface area (Å²) in [5.41, 5.74) is 0.122. The zero-order valence-electron chi connectivity index (χ0n) is 17.1. The van der Waals surface area contributed by atoms with Crippen LogP contribution >= 0.6 is 0 Å². The number of phenols is 2. The molecular weight excluding hydrogens is 406 g/mol. The van der Waals surface area contributed by atoms with E-state index >= 15 is 0 Å². The summed E-state index contributed by atoms with van der Waals surface area (Å²) in [4.78, 5) is 26.2. The number of carbonyl (C=O) groups excluding carboxylic acids is 2. The Kier molecular flexibility index (Phi) is 5.72. The van der Waals surface area contributed by atoms with Gasteiger partial charge in [-0.25, -0.2) is 13.9 Å². The Bertz CT molecular complexity index is 1050. The van der Waals surface area contributed by atoms with Crippen molar-refractivity contribution in [1.29, 1.82) is 0 Å². The molecule has 2 aromatic rings. The van der Waals surface area contributed by atoms with E-state index < -0.39 is 34.4 Å². The summed E-state index contributed by atoms with van der Waals surface area (Å²) in [6, 6.07) is 8.23. The molecule has 0 aliphatic carbocycles. The molecule has 8 heteroatoms. The molecule has 1 aliphatic heterocycles. The van der Waals surface area contributed by atoms with E-state index in [1.54, 1.807) is 45.0 Å². The van der Waals surface area contributed by atoms with E-state index in [4.69, 9.17) is 4.74 Å². The molecule has 0 radical (unpaired) electrons. The summed E-state index contributed by atoms with van der Waals surface area (Å²) in [5, 5.41) is 21.1. The lowest BCUT2D eigenvalue weighted by Crippen LogP contribution is -2.39. The molecule has 0 bridgehead atoms. The Morgan fingerprint density at radius 1 is 1.07 bits per heavy atom. The van der Waals surface area contributed by atoms with Crippen LogP contribution in [0.4, 0.5) is 4.79 Å². The van der Waals surface area contributed by atoms with Crippen LogP contribution in [-0.4, -0.2) is 36.9 Å². The molecule has 2 atom stereocenters. The van der Waals surface area contributed by atoms with Gasteiger partial charge in [-0.05, 0) is 52.0 Å². The highest BCUT2D eigenvalue weighted by atomic mass is 32.2. The van der Waals surface area contributed by atoms with Crippen LogP contribution in [0.5, 0.6) is 11.5 Å². The number of aromatic hydroxyl groups is 2. The van der Waals surface area contributed by atoms with Gasteiger partial charge in [-0.2, -0.15) is 0 Å². The number of imide groups is 1.